The summed E-state index contributed by atoms with van der Waals surface area (Å²) in [5.74, 6) is -5.05. The SMILES string of the molecule is O=C(O)CC(COCCO)(CC(=O)O)OC(=O)c1ccc(C(=O)O)cc1. The Balaban J connectivity index is 3.06. The van der Waals surface area contributed by atoms with Crippen LogP contribution in [0.25, 0.3) is 0 Å². The molecule has 0 bridgehead atoms. The van der Waals surface area contributed by atoms with E-state index in [1.807, 2.05) is 0 Å². The van der Waals surface area contributed by atoms with Gasteiger partial charge in [0.25, 0.3) is 0 Å². The van der Waals surface area contributed by atoms with Gasteiger partial charge in [-0.1, -0.05) is 0 Å². The Morgan fingerprint density at radius 3 is 1.81 bits per heavy atom. The van der Waals surface area contributed by atoms with Crippen molar-refractivity contribution in [1.29, 1.82) is 0 Å². The summed E-state index contributed by atoms with van der Waals surface area (Å²) < 4.78 is 10.1. The van der Waals surface area contributed by atoms with E-state index in [2.05, 4.69) is 0 Å². The average molecular weight is 370 g/mol. The Labute approximate surface area is 147 Å². The van der Waals surface area contributed by atoms with Gasteiger partial charge in [0.15, 0.2) is 5.60 Å². The average Bonchev–Trinajstić information content (AvgIpc) is 2.53. The summed E-state index contributed by atoms with van der Waals surface area (Å²) in [4.78, 5) is 45.3. The van der Waals surface area contributed by atoms with Crippen molar-refractivity contribution in [3.8, 4) is 0 Å². The van der Waals surface area contributed by atoms with Gasteiger partial charge in [-0.15, -0.1) is 0 Å². The number of carbonyl (C=O) groups is 4. The summed E-state index contributed by atoms with van der Waals surface area (Å²) in [6, 6.07) is 4.62. The van der Waals surface area contributed by atoms with E-state index in [1.54, 1.807) is 0 Å². The van der Waals surface area contributed by atoms with Crippen molar-refractivity contribution in [2.75, 3.05) is 19.8 Å². The molecule has 26 heavy (non-hydrogen) atoms. The first-order chi connectivity index (χ1) is 12.2. The highest BCUT2D eigenvalue weighted by molar-refractivity contribution is 5.93. The number of aliphatic hydroxyl groups excluding tert-OH is 1. The van der Waals surface area contributed by atoms with Crippen LogP contribution in [-0.4, -0.2) is 69.7 Å². The zero-order chi connectivity index (χ0) is 19.7. The van der Waals surface area contributed by atoms with Crippen LogP contribution in [0.15, 0.2) is 24.3 Å². The molecule has 10 nitrogen and oxygen atoms in total. The fourth-order valence-electron chi connectivity index (χ4n) is 2.14. The lowest BCUT2D eigenvalue weighted by Crippen LogP contribution is -2.44. The van der Waals surface area contributed by atoms with Gasteiger partial charge in [0.05, 0.1) is 43.8 Å². The van der Waals surface area contributed by atoms with Crippen LogP contribution in [0.3, 0.4) is 0 Å². The third-order valence-corrected chi connectivity index (χ3v) is 3.22. The second kappa shape index (κ2) is 9.49. The van der Waals surface area contributed by atoms with Gasteiger partial charge in [0.1, 0.15) is 0 Å². The van der Waals surface area contributed by atoms with Gasteiger partial charge in [0, 0.05) is 0 Å². The number of benzene rings is 1. The maximum atomic E-state index is 12.3. The van der Waals surface area contributed by atoms with E-state index >= 15 is 0 Å². The Bertz CT molecular complexity index is 648. The van der Waals surface area contributed by atoms with Crippen molar-refractivity contribution in [1.82, 2.24) is 0 Å². The van der Waals surface area contributed by atoms with Crippen LogP contribution in [0.5, 0.6) is 0 Å². The number of carboxylic acids is 3. The molecular weight excluding hydrogens is 352 g/mol. The molecule has 0 unspecified atom stereocenters. The highest BCUT2D eigenvalue weighted by Gasteiger charge is 2.40. The monoisotopic (exact) mass is 370 g/mol. The normalized spacial score (nSPS) is 11.0. The predicted molar refractivity (Wildman–Crippen MR) is 84.0 cm³/mol. The minimum Gasteiger partial charge on any atom is -0.481 e. The first kappa shape index (κ1) is 21.1. The highest BCUT2D eigenvalue weighted by atomic mass is 16.6. The van der Waals surface area contributed by atoms with E-state index in [0.717, 1.165) is 24.3 Å². The van der Waals surface area contributed by atoms with E-state index < -0.39 is 48.9 Å². The predicted octanol–water partition coefficient (Wildman–Crippen LogP) is 0.239. The molecule has 0 heterocycles. The fraction of sp³-hybridized carbons (Fsp3) is 0.375. The number of aromatic carboxylic acids is 1. The molecule has 4 N–H and O–H groups in total. The number of carbonyl (C=O) groups excluding carboxylic acids is 1. The fourth-order valence-corrected chi connectivity index (χ4v) is 2.14. The molecule has 142 valence electrons. The summed E-state index contributed by atoms with van der Waals surface area (Å²) in [6.45, 7) is -1.14. The first-order valence-corrected chi connectivity index (χ1v) is 7.38. The van der Waals surface area contributed by atoms with Crippen molar-refractivity contribution in [3.63, 3.8) is 0 Å². The van der Waals surface area contributed by atoms with Crippen molar-refractivity contribution < 1.29 is 49.1 Å². The molecule has 0 aliphatic carbocycles. The molecule has 1 aromatic rings. The lowest BCUT2D eigenvalue weighted by molar-refractivity contribution is -0.154. The number of esters is 1. The Kier molecular flexibility index (Phi) is 7.69. The van der Waals surface area contributed by atoms with Crippen LogP contribution >= 0.6 is 0 Å². The quantitative estimate of drug-likeness (QED) is 0.313. The topological polar surface area (TPSA) is 168 Å². The number of hydrogen-bond acceptors (Lipinski definition) is 7. The number of rotatable bonds is 11. The first-order valence-electron chi connectivity index (χ1n) is 7.38. The van der Waals surface area contributed by atoms with Crippen molar-refractivity contribution in [2.24, 2.45) is 0 Å². The highest BCUT2D eigenvalue weighted by Crippen LogP contribution is 2.24. The van der Waals surface area contributed by atoms with E-state index in [1.165, 1.54) is 0 Å². The van der Waals surface area contributed by atoms with Gasteiger partial charge in [-0.3, -0.25) is 9.59 Å². The van der Waals surface area contributed by atoms with Gasteiger partial charge in [0.2, 0.25) is 0 Å². The molecule has 0 amide bonds. The summed E-state index contributed by atoms with van der Waals surface area (Å²) >= 11 is 0. The maximum Gasteiger partial charge on any atom is 0.338 e. The van der Waals surface area contributed by atoms with Gasteiger partial charge < -0.3 is 29.9 Å². The van der Waals surface area contributed by atoms with Crippen LogP contribution in [0.4, 0.5) is 0 Å². The Morgan fingerprint density at radius 1 is 0.885 bits per heavy atom. The van der Waals surface area contributed by atoms with Crippen LogP contribution in [0.1, 0.15) is 33.6 Å². The van der Waals surface area contributed by atoms with Gasteiger partial charge >= 0.3 is 23.9 Å². The molecule has 0 spiro atoms. The smallest absolute Gasteiger partial charge is 0.338 e. The summed E-state index contributed by atoms with van der Waals surface area (Å²) in [7, 11) is 0. The minimum atomic E-state index is -1.99. The molecule has 0 aliphatic rings. The van der Waals surface area contributed by atoms with Crippen molar-refractivity contribution in [3.05, 3.63) is 35.4 Å². The largest absolute Gasteiger partial charge is 0.481 e. The third-order valence-electron chi connectivity index (χ3n) is 3.22. The lowest BCUT2D eigenvalue weighted by atomic mass is 9.95. The third kappa shape index (κ3) is 6.49. The van der Waals surface area contributed by atoms with E-state index in [0.29, 0.717) is 0 Å². The van der Waals surface area contributed by atoms with Crippen LogP contribution in [-0.2, 0) is 19.1 Å². The molecule has 0 aromatic heterocycles. The van der Waals surface area contributed by atoms with E-state index in [9.17, 15) is 19.2 Å². The van der Waals surface area contributed by atoms with Crippen LogP contribution < -0.4 is 0 Å². The standard InChI is InChI=1S/C16H18O10/c17-5-6-25-9-16(7-12(18)19,8-13(20)21)26-15(24)11-3-1-10(2-4-11)14(22)23/h1-4,17H,5-9H2,(H,18,19)(H,20,21)(H,22,23). The second-order valence-corrected chi connectivity index (χ2v) is 5.37. The molecule has 0 atom stereocenters. The van der Waals surface area contributed by atoms with E-state index in [4.69, 9.17) is 29.9 Å². The van der Waals surface area contributed by atoms with Crippen molar-refractivity contribution in [2.45, 2.75) is 18.4 Å². The zero-order valence-corrected chi connectivity index (χ0v) is 13.6. The number of aliphatic hydroxyl groups is 1. The lowest BCUT2D eigenvalue weighted by Gasteiger charge is -2.30. The zero-order valence-electron chi connectivity index (χ0n) is 13.6. The van der Waals surface area contributed by atoms with Crippen molar-refractivity contribution >= 4 is 23.9 Å². The van der Waals surface area contributed by atoms with Gasteiger partial charge in [-0.05, 0) is 24.3 Å². The molecule has 0 saturated carbocycles. The molecule has 1 aromatic carbocycles. The number of hydrogen-bond donors (Lipinski definition) is 4. The number of ether oxygens (including phenoxy) is 2. The number of aliphatic carboxylic acids is 2. The summed E-state index contributed by atoms with van der Waals surface area (Å²) in [5.41, 5.74) is -2.15. The Morgan fingerprint density at radius 2 is 1.38 bits per heavy atom. The van der Waals surface area contributed by atoms with Gasteiger partial charge in [-0.25, -0.2) is 9.59 Å². The molecule has 0 saturated heterocycles. The molecule has 1 rings (SSSR count). The van der Waals surface area contributed by atoms with Crippen LogP contribution in [0.2, 0.25) is 0 Å². The molecular formula is C16H18O10. The maximum absolute atomic E-state index is 12.3. The molecule has 0 radical (unpaired) electrons. The number of carboxylic acid groups (broad SMARTS) is 3. The summed E-state index contributed by atoms with van der Waals surface area (Å²) in [5, 5.41) is 35.7. The molecule has 0 fully saturated rings. The summed E-state index contributed by atoms with van der Waals surface area (Å²) in [6.07, 6.45) is -1.66. The minimum absolute atomic E-state index is 0.0739. The van der Waals surface area contributed by atoms with Gasteiger partial charge in [-0.2, -0.15) is 0 Å². The van der Waals surface area contributed by atoms with Crippen LogP contribution in [0, 0.1) is 0 Å². The van der Waals surface area contributed by atoms with E-state index in [-0.39, 0.29) is 24.3 Å². The molecule has 0 aliphatic heterocycles. The Hall–Kier alpha value is -2.98. The second-order valence-electron chi connectivity index (χ2n) is 5.37. The molecule has 10 heteroatoms.